The van der Waals surface area contributed by atoms with Gasteiger partial charge in [-0.05, 0) is 37.1 Å². The highest BCUT2D eigenvalue weighted by atomic mass is 35.5. The van der Waals surface area contributed by atoms with Crippen molar-refractivity contribution in [2.75, 3.05) is 16.8 Å². The van der Waals surface area contributed by atoms with Gasteiger partial charge in [0.2, 0.25) is 0 Å². The molecule has 1 unspecified atom stereocenters. The fourth-order valence-electron chi connectivity index (χ4n) is 2.58. The van der Waals surface area contributed by atoms with Crippen LogP contribution in [-0.2, 0) is 9.84 Å². The summed E-state index contributed by atoms with van der Waals surface area (Å²) < 4.78 is 22.9. The van der Waals surface area contributed by atoms with Crippen LogP contribution in [0.4, 0.5) is 11.5 Å². The van der Waals surface area contributed by atoms with Gasteiger partial charge in [0.15, 0.2) is 9.84 Å². The van der Waals surface area contributed by atoms with Crippen molar-refractivity contribution in [3.63, 3.8) is 0 Å². The number of aromatic nitrogens is 2. The van der Waals surface area contributed by atoms with Crippen LogP contribution >= 0.6 is 11.6 Å². The molecule has 0 bridgehead atoms. The zero-order valence-corrected chi connectivity index (χ0v) is 15.1. The number of carbonyl (C=O) groups is 1. The Hall–Kier alpha value is -2.19. The molecule has 0 radical (unpaired) electrons. The number of rotatable bonds is 4. The first-order chi connectivity index (χ1) is 11.8. The first kappa shape index (κ1) is 17.6. The number of sulfone groups is 1. The molecule has 25 heavy (non-hydrogen) atoms. The lowest BCUT2D eigenvalue weighted by atomic mass is 10.2. The van der Waals surface area contributed by atoms with Crippen LogP contribution in [0.5, 0.6) is 0 Å². The lowest BCUT2D eigenvalue weighted by molar-refractivity contribution is 0.0935. The van der Waals surface area contributed by atoms with Gasteiger partial charge in [-0.3, -0.25) is 4.79 Å². The highest BCUT2D eigenvalue weighted by Crippen LogP contribution is 2.22. The van der Waals surface area contributed by atoms with Crippen LogP contribution in [0.1, 0.15) is 22.5 Å². The van der Waals surface area contributed by atoms with E-state index in [1.807, 2.05) is 19.1 Å². The van der Waals surface area contributed by atoms with E-state index >= 15 is 0 Å². The van der Waals surface area contributed by atoms with Gasteiger partial charge in [0.25, 0.3) is 5.91 Å². The number of carbonyl (C=O) groups excluding carboxylic acids is 1. The van der Waals surface area contributed by atoms with Crippen LogP contribution in [0.25, 0.3) is 0 Å². The molecule has 2 aromatic rings. The van der Waals surface area contributed by atoms with Crippen LogP contribution in [0.2, 0.25) is 5.02 Å². The predicted octanol–water partition coefficient (Wildman–Crippen LogP) is 2.10. The molecule has 0 aliphatic carbocycles. The lowest BCUT2D eigenvalue weighted by Crippen LogP contribution is -2.36. The van der Waals surface area contributed by atoms with Crippen LogP contribution in [-0.4, -0.2) is 41.8 Å². The molecule has 132 valence electrons. The fourth-order valence-corrected chi connectivity index (χ4v) is 4.48. The first-order valence-corrected chi connectivity index (χ1v) is 9.89. The molecule has 1 atom stereocenters. The van der Waals surface area contributed by atoms with E-state index in [9.17, 15) is 13.2 Å². The molecule has 9 heteroatoms. The highest BCUT2D eigenvalue weighted by Gasteiger charge is 2.29. The Kier molecular flexibility index (Phi) is 4.91. The van der Waals surface area contributed by atoms with E-state index in [-0.39, 0.29) is 23.2 Å². The van der Waals surface area contributed by atoms with E-state index in [1.54, 1.807) is 6.07 Å². The molecule has 1 aliphatic rings. The summed E-state index contributed by atoms with van der Waals surface area (Å²) in [4.78, 5) is 20.4. The van der Waals surface area contributed by atoms with E-state index in [4.69, 9.17) is 11.6 Å². The lowest BCUT2D eigenvalue weighted by Gasteiger charge is -2.11. The van der Waals surface area contributed by atoms with Gasteiger partial charge in [-0.2, -0.15) is 0 Å². The Labute approximate surface area is 150 Å². The van der Waals surface area contributed by atoms with Crippen molar-refractivity contribution in [3.8, 4) is 0 Å². The molecular formula is C16H17ClN4O3S. The number of anilines is 2. The molecule has 2 heterocycles. The monoisotopic (exact) mass is 380 g/mol. The summed E-state index contributed by atoms with van der Waals surface area (Å²) in [6.45, 7) is 1.92. The number of aryl methyl sites for hydroxylation is 1. The summed E-state index contributed by atoms with van der Waals surface area (Å²) in [5, 5.41) is 6.43. The smallest absolute Gasteiger partial charge is 0.271 e. The summed E-state index contributed by atoms with van der Waals surface area (Å²) in [6.07, 6.45) is 3.23. The third kappa shape index (κ3) is 4.46. The summed E-state index contributed by atoms with van der Waals surface area (Å²) in [5.74, 6) is 0.142. The van der Waals surface area contributed by atoms with E-state index in [0.717, 1.165) is 11.3 Å². The zero-order valence-electron chi connectivity index (χ0n) is 13.5. The summed E-state index contributed by atoms with van der Waals surface area (Å²) in [7, 11) is -3.04. The second kappa shape index (κ2) is 6.97. The van der Waals surface area contributed by atoms with Crippen molar-refractivity contribution < 1.29 is 13.2 Å². The Morgan fingerprint density at radius 3 is 2.68 bits per heavy atom. The molecule has 1 aliphatic heterocycles. The van der Waals surface area contributed by atoms with Gasteiger partial charge >= 0.3 is 0 Å². The number of halogens is 1. The average molecular weight is 381 g/mol. The third-order valence-electron chi connectivity index (χ3n) is 3.90. The first-order valence-electron chi connectivity index (χ1n) is 7.69. The van der Waals surface area contributed by atoms with Crippen molar-refractivity contribution >= 4 is 38.9 Å². The minimum atomic E-state index is -3.04. The van der Waals surface area contributed by atoms with Crippen molar-refractivity contribution in [3.05, 3.63) is 46.9 Å². The molecule has 1 amide bonds. The Balaban J connectivity index is 1.64. The maximum Gasteiger partial charge on any atom is 0.271 e. The third-order valence-corrected chi connectivity index (χ3v) is 5.91. The van der Waals surface area contributed by atoms with Crippen LogP contribution < -0.4 is 10.6 Å². The average Bonchev–Trinajstić information content (AvgIpc) is 2.89. The van der Waals surface area contributed by atoms with E-state index in [1.165, 1.54) is 12.4 Å². The second-order valence-corrected chi connectivity index (χ2v) is 8.61. The van der Waals surface area contributed by atoms with Gasteiger partial charge in [-0.1, -0.05) is 11.6 Å². The van der Waals surface area contributed by atoms with Gasteiger partial charge in [0, 0.05) is 16.8 Å². The maximum atomic E-state index is 12.1. The van der Waals surface area contributed by atoms with E-state index < -0.39 is 15.7 Å². The Morgan fingerprint density at radius 2 is 2.08 bits per heavy atom. The van der Waals surface area contributed by atoms with Crippen LogP contribution in [0.15, 0.2) is 30.6 Å². The van der Waals surface area contributed by atoms with Crippen molar-refractivity contribution in [2.45, 2.75) is 19.4 Å². The largest absolute Gasteiger partial charge is 0.347 e. The Morgan fingerprint density at radius 1 is 1.28 bits per heavy atom. The van der Waals surface area contributed by atoms with E-state index in [2.05, 4.69) is 20.6 Å². The van der Waals surface area contributed by atoms with Crippen molar-refractivity contribution in [1.82, 2.24) is 15.3 Å². The molecule has 1 fully saturated rings. The van der Waals surface area contributed by atoms with Crippen LogP contribution in [0, 0.1) is 6.92 Å². The second-order valence-electron chi connectivity index (χ2n) is 5.94. The quantitative estimate of drug-likeness (QED) is 0.842. The van der Waals surface area contributed by atoms with Gasteiger partial charge in [-0.25, -0.2) is 18.4 Å². The van der Waals surface area contributed by atoms with E-state index in [0.29, 0.717) is 17.3 Å². The van der Waals surface area contributed by atoms with Gasteiger partial charge in [-0.15, -0.1) is 0 Å². The molecular weight excluding hydrogens is 364 g/mol. The molecule has 0 spiro atoms. The fraction of sp³-hybridized carbons (Fsp3) is 0.312. The Bertz CT molecular complexity index is 900. The summed E-state index contributed by atoms with van der Waals surface area (Å²) >= 11 is 5.93. The molecule has 2 N–H and O–H groups in total. The minimum Gasteiger partial charge on any atom is -0.347 e. The summed E-state index contributed by atoms with van der Waals surface area (Å²) in [6, 6.07) is 5.06. The normalized spacial score (nSPS) is 18.7. The van der Waals surface area contributed by atoms with Crippen molar-refractivity contribution in [1.29, 1.82) is 0 Å². The maximum absolute atomic E-state index is 12.1. The number of benzene rings is 1. The SMILES string of the molecule is Cc1cc(Cl)ccc1Nc1cnc(C(=O)NC2CCS(=O)(=O)C2)cn1. The topological polar surface area (TPSA) is 101 Å². The molecule has 1 aromatic carbocycles. The van der Waals surface area contributed by atoms with Crippen LogP contribution in [0.3, 0.4) is 0 Å². The van der Waals surface area contributed by atoms with Gasteiger partial charge < -0.3 is 10.6 Å². The number of nitrogens with one attached hydrogen (secondary N) is 2. The van der Waals surface area contributed by atoms with Gasteiger partial charge in [0.05, 0.1) is 23.9 Å². The molecule has 1 saturated heterocycles. The highest BCUT2D eigenvalue weighted by molar-refractivity contribution is 7.91. The molecule has 7 nitrogen and oxygen atoms in total. The molecule has 3 rings (SSSR count). The minimum absolute atomic E-state index is 0.0261. The molecule has 1 aromatic heterocycles. The predicted molar refractivity (Wildman–Crippen MR) is 96.0 cm³/mol. The van der Waals surface area contributed by atoms with Crippen molar-refractivity contribution in [2.24, 2.45) is 0 Å². The number of amides is 1. The number of hydrogen-bond acceptors (Lipinski definition) is 6. The molecule has 0 saturated carbocycles. The van der Waals surface area contributed by atoms with Gasteiger partial charge in [0.1, 0.15) is 11.5 Å². The number of nitrogens with zero attached hydrogens (tertiary/aromatic N) is 2. The zero-order chi connectivity index (χ0) is 18.0. The number of hydrogen-bond donors (Lipinski definition) is 2. The standard InChI is InChI=1S/C16H17ClN4O3S/c1-10-6-11(17)2-3-13(10)21-15-8-18-14(7-19-15)16(22)20-12-4-5-25(23,24)9-12/h2-3,6-8,12H,4-5,9H2,1H3,(H,19,21)(H,20,22). The summed E-state index contributed by atoms with van der Waals surface area (Å²) in [5.41, 5.74) is 1.94.